The molecule has 0 aliphatic rings. The fourth-order valence-corrected chi connectivity index (χ4v) is 4.40. The molecule has 0 aromatic heterocycles. The SMILES string of the molecule is CCOc1cc(C=Nc2ccccc2)cc(I)c1OS(=O)(=O)c1ccc(Cl)cc1. The minimum Gasteiger partial charge on any atom is -0.490 e. The van der Waals surface area contributed by atoms with Gasteiger partial charge in [-0.2, -0.15) is 8.42 Å². The number of hydrogen-bond acceptors (Lipinski definition) is 5. The fourth-order valence-electron chi connectivity index (χ4n) is 2.43. The lowest BCUT2D eigenvalue weighted by Crippen LogP contribution is -2.12. The molecule has 0 heterocycles. The summed E-state index contributed by atoms with van der Waals surface area (Å²) in [5.41, 5.74) is 1.57. The van der Waals surface area contributed by atoms with E-state index in [-0.39, 0.29) is 10.6 Å². The Balaban J connectivity index is 1.94. The van der Waals surface area contributed by atoms with E-state index in [9.17, 15) is 8.42 Å². The van der Waals surface area contributed by atoms with Crippen LogP contribution in [0.4, 0.5) is 5.69 Å². The van der Waals surface area contributed by atoms with Gasteiger partial charge in [-0.3, -0.25) is 4.99 Å². The van der Waals surface area contributed by atoms with Crippen LogP contribution in [-0.4, -0.2) is 21.2 Å². The highest BCUT2D eigenvalue weighted by Gasteiger charge is 2.22. The van der Waals surface area contributed by atoms with Crippen LogP contribution < -0.4 is 8.92 Å². The van der Waals surface area contributed by atoms with E-state index in [2.05, 4.69) is 4.99 Å². The summed E-state index contributed by atoms with van der Waals surface area (Å²) in [5, 5.41) is 0.440. The highest BCUT2D eigenvalue weighted by atomic mass is 127. The third-order valence-corrected chi connectivity index (χ3v) is 6.03. The Hall–Kier alpha value is -2.10. The van der Waals surface area contributed by atoms with Crippen LogP contribution in [0.25, 0.3) is 0 Å². The third-order valence-electron chi connectivity index (χ3n) is 3.75. The van der Waals surface area contributed by atoms with E-state index in [1.807, 2.05) is 59.8 Å². The Kier molecular flexibility index (Phi) is 7.15. The maximum absolute atomic E-state index is 12.7. The molecule has 0 atom stereocenters. The maximum atomic E-state index is 12.7. The number of halogens is 2. The summed E-state index contributed by atoms with van der Waals surface area (Å²) in [4.78, 5) is 4.43. The normalized spacial score (nSPS) is 11.6. The van der Waals surface area contributed by atoms with Crippen molar-refractivity contribution in [2.24, 2.45) is 4.99 Å². The summed E-state index contributed by atoms with van der Waals surface area (Å²) in [7, 11) is -4.04. The van der Waals surface area contributed by atoms with Crippen LogP contribution in [0.5, 0.6) is 11.5 Å². The lowest BCUT2D eigenvalue weighted by Gasteiger charge is -2.14. The molecule has 0 N–H and O–H groups in total. The second-order valence-electron chi connectivity index (χ2n) is 5.85. The van der Waals surface area contributed by atoms with Crippen molar-refractivity contribution >= 4 is 56.2 Å². The molecule has 150 valence electrons. The molecule has 3 aromatic rings. The first kappa shape index (κ1) is 21.6. The van der Waals surface area contributed by atoms with E-state index < -0.39 is 10.1 Å². The monoisotopic (exact) mass is 541 g/mol. The molecule has 29 heavy (non-hydrogen) atoms. The molecule has 0 aliphatic heterocycles. The van der Waals surface area contributed by atoms with Gasteiger partial charge < -0.3 is 8.92 Å². The lowest BCUT2D eigenvalue weighted by atomic mass is 10.2. The Morgan fingerprint density at radius 2 is 1.76 bits per heavy atom. The van der Waals surface area contributed by atoms with Gasteiger partial charge in [-0.25, -0.2) is 0 Å². The fraction of sp³-hybridized carbons (Fsp3) is 0.0952. The molecular formula is C21H17ClINO4S. The number of nitrogens with zero attached hydrogens (tertiary/aromatic N) is 1. The molecule has 3 aromatic carbocycles. The third kappa shape index (κ3) is 5.71. The summed E-state index contributed by atoms with van der Waals surface area (Å²) in [6.07, 6.45) is 1.69. The molecule has 8 heteroatoms. The Labute approximate surface area is 188 Å². The number of hydrogen-bond donors (Lipinski definition) is 0. The summed E-state index contributed by atoms with van der Waals surface area (Å²) < 4.78 is 37.0. The topological polar surface area (TPSA) is 65.0 Å². The number of aliphatic imine (C=N–C) groups is 1. The Morgan fingerprint density at radius 3 is 2.41 bits per heavy atom. The summed E-state index contributed by atoms with van der Waals surface area (Å²) in [5.74, 6) is 0.464. The van der Waals surface area contributed by atoms with Gasteiger partial charge in [-0.1, -0.05) is 29.8 Å². The van der Waals surface area contributed by atoms with Crippen LogP contribution in [0.2, 0.25) is 5.02 Å². The molecule has 0 fully saturated rings. The van der Waals surface area contributed by atoms with Gasteiger partial charge in [0.05, 0.1) is 15.9 Å². The quantitative estimate of drug-likeness (QED) is 0.213. The number of ether oxygens (including phenoxy) is 1. The molecule has 3 rings (SSSR count). The zero-order chi connectivity index (χ0) is 20.9. The van der Waals surface area contributed by atoms with Crippen molar-refractivity contribution < 1.29 is 17.3 Å². The predicted octanol–water partition coefficient (Wildman–Crippen LogP) is 5.86. The highest BCUT2D eigenvalue weighted by Crippen LogP contribution is 2.36. The molecule has 0 radical (unpaired) electrons. The van der Waals surface area contributed by atoms with E-state index >= 15 is 0 Å². The first-order valence-electron chi connectivity index (χ1n) is 8.64. The van der Waals surface area contributed by atoms with E-state index in [1.54, 1.807) is 18.3 Å². The summed E-state index contributed by atoms with van der Waals surface area (Å²) in [6, 6.07) is 18.8. The maximum Gasteiger partial charge on any atom is 0.339 e. The first-order chi connectivity index (χ1) is 13.9. The largest absolute Gasteiger partial charge is 0.490 e. The second kappa shape index (κ2) is 9.60. The summed E-state index contributed by atoms with van der Waals surface area (Å²) in [6.45, 7) is 2.17. The Morgan fingerprint density at radius 1 is 1.07 bits per heavy atom. The van der Waals surface area contributed by atoms with Crippen molar-refractivity contribution in [3.8, 4) is 11.5 Å². The molecule has 0 unspecified atom stereocenters. The highest BCUT2D eigenvalue weighted by molar-refractivity contribution is 14.1. The first-order valence-corrected chi connectivity index (χ1v) is 11.5. The zero-order valence-corrected chi connectivity index (χ0v) is 19.1. The van der Waals surface area contributed by atoms with Crippen LogP contribution in [0, 0.1) is 3.57 Å². The smallest absolute Gasteiger partial charge is 0.339 e. The molecule has 0 amide bonds. The van der Waals surface area contributed by atoms with Crippen LogP contribution in [0.1, 0.15) is 12.5 Å². The number of benzene rings is 3. The molecule has 0 bridgehead atoms. The van der Waals surface area contributed by atoms with Crippen LogP contribution >= 0.6 is 34.2 Å². The van der Waals surface area contributed by atoms with Gasteiger partial charge in [-0.15, -0.1) is 0 Å². The minimum atomic E-state index is -4.04. The average molecular weight is 542 g/mol. The van der Waals surface area contributed by atoms with Crippen molar-refractivity contribution in [1.29, 1.82) is 0 Å². The van der Waals surface area contributed by atoms with Crippen molar-refractivity contribution in [2.75, 3.05) is 6.61 Å². The molecule has 0 aliphatic carbocycles. The standard InChI is InChI=1S/C21H17ClINO4S/c1-2-27-20-13-15(14-24-17-6-4-3-5-7-17)12-19(23)21(20)28-29(25,26)18-10-8-16(22)9-11-18/h3-14H,2H2,1H3. The van der Waals surface area contributed by atoms with E-state index in [1.165, 1.54) is 24.3 Å². The second-order valence-corrected chi connectivity index (χ2v) is 8.99. The van der Waals surface area contributed by atoms with Gasteiger partial charge in [0.1, 0.15) is 4.90 Å². The number of para-hydroxylation sites is 1. The summed E-state index contributed by atoms with van der Waals surface area (Å²) >= 11 is 7.85. The van der Waals surface area contributed by atoms with E-state index in [0.717, 1.165) is 11.3 Å². The Bertz CT molecular complexity index is 1120. The van der Waals surface area contributed by atoms with Crippen LogP contribution in [-0.2, 0) is 10.1 Å². The van der Waals surface area contributed by atoms with E-state index in [0.29, 0.717) is 20.9 Å². The van der Waals surface area contributed by atoms with Crippen LogP contribution in [0.15, 0.2) is 76.6 Å². The molecule has 5 nitrogen and oxygen atoms in total. The van der Waals surface area contributed by atoms with Gasteiger partial charge in [-0.05, 0) is 83.6 Å². The van der Waals surface area contributed by atoms with Crippen molar-refractivity contribution in [1.82, 2.24) is 0 Å². The van der Waals surface area contributed by atoms with Gasteiger partial charge in [0.25, 0.3) is 0 Å². The van der Waals surface area contributed by atoms with Gasteiger partial charge in [0.2, 0.25) is 0 Å². The van der Waals surface area contributed by atoms with Gasteiger partial charge >= 0.3 is 10.1 Å². The van der Waals surface area contributed by atoms with Crippen molar-refractivity contribution in [2.45, 2.75) is 11.8 Å². The van der Waals surface area contributed by atoms with Gasteiger partial charge in [0.15, 0.2) is 11.5 Å². The van der Waals surface area contributed by atoms with Crippen molar-refractivity contribution in [3.05, 3.63) is 80.9 Å². The minimum absolute atomic E-state index is 0.00913. The van der Waals surface area contributed by atoms with Crippen LogP contribution in [0.3, 0.4) is 0 Å². The average Bonchev–Trinajstić information content (AvgIpc) is 2.70. The molecule has 0 spiro atoms. The zero-order valence-electron chi connectivity index (χ0n) is 15.4. The number of rotatable bonds is 7. The lowest BCUT2D eigenvalue weighted by molar-refractivity contribution is 0.327. The molecule has 0 saturated carbocycles. The van der Waals surface area contributed by atoms with Gasteiger partial charge in [0, 0.05) is 11.2 Å². The molecule has 0 saturated heterocycles. The molecular weight excluding hydrogens is 525 g/mol. The van der Waals surface area contributed by atoms with Crippen molar-refractivity contribution in [3.63, 3.8) is 0 Å². The van der Waals surface area contributed by atoms with E-state index in [4.69, 9.17) is 20.5 Å². The predicted molar refractivity (Wildman–Crippen MR) is 123 cm³/mol.